The van der Waals surface area contributed by atoms with Gasteiger partial charge in [-0.05, 0) is 60.9 Å². The van der Waals surface area contributed by atoms with Crippen LogP contribution in [0.2, 0.25) is 0 Å². The number of aromatic amines is 1. The number of H-pyrrole nitrogens is 1. The fourth-order valence-corrected chi connectivity index (χ4v) is 3.38. The molecular weight excluding hydrogens is 414 g/mol. The summed E-state index contributed by atoms with van der Waals surface area (Å²) in [4.78, 5) is 13.2. The van der Waals surface area contributed by atoms with Gasteiger partial charge in [0.05, 0.1) is 12.2 Å². The molecular formula is C22H25N5O5. The summed E-state index contributed by atoms with van der Waals surface area (Å²) in [7, 11) is 0. The van der Waals surface area contributed by atoms with Crippen molar-refractivity contribution >= 4 is 5.78 Å². The number of para-hydroxylation sites is 1. The second-order valence-corrected chi connectivity index (χ2v) is 7.49. The maximum atomic E-state index is 13.2. The number of aromatic nitrogens is 4. The van der Waals surface area contributed by atoms with Crippen LogP contribution < -0.4 is 19.9 Å². The largest absolute Gasteiger partial charge is 0.494 e. The third-order valence-corrected chi connectivity index (χ3v) is 5.11. The maximum absolute atomic E-state index is 13.2. The molecule has 1 aliphatic rings. The molecule has 1 aromatic heterocycles. The van der Waals surface area contributed by atoms with Crippen molar-refractivity contribution in [1.29, 1.82) is 0 Å². The zero-order chi connectivity index (χ0) is 22.4. The highest BCUT2D eigenvalue weighted by atomic mass is 16.6. The van der Waals surface area contributed by atoms with Crippen molar-refractivity contribution in [3.8, 4) is 17.2 Å². The van der Waals surface area contributed by atoms with E-state index in [9.17, 15) is 4.79 Å². The highest BCUT2D eigenvalue weighted by Gasteiger charge is 2.41. The molecule has 2 aromatic carbocycles. The number of ether oxygens (including phenoxy) is 3. The molecule has 32 heavy (non-hydrogen) atoms. The zero-order valence-electron chi connectivity index (χ0n) is 17.5. The SMILES string of the molecule is NC1(c2nn[nH]n2)COc2cccc(C(=O)c3ccc(OCCCCCCO)cc3)c2O1. The number of fused-ring (bicyclic) bond motifs is 1. The minimum atomic E-state index is -1.47. The third kappa shape index (κ3) is 4.71. The molecule has 1 aliphatic heterocycles. The quantitative estimate of drug-likeness (QED) is 0.319. The minimum Gasteiger partial charge on any atom is -0.494 e. The molecule has 10 nitrogen and oxygen atoms in total. The number of unbranched alkanes of at least 4 members (excludes halogenated alkanes) is 3. The van der Waals surface area contributed by atoms with E-state index in [0.717, 1.165) is 25.7 Å². The third-order valence-electron chi connectivity index (χ3n) is 5.11. The smallest absolute Gasteiger partial charge is 0.257 e. The Morgan fingerprint density at radius 2 is 1.97 bits per heavy atom. The van der Waals surface area contributed by atoms with E-state index < -0.39 is 5.72 Å². The molecule has 0 aliphatic carbocycles. The van der Waals surface area contributed by atoms with E-state index in [1.54, 1.807) is 42.5 Å². The molecule has 0 spiro atoms. The molecule has 4 rings (SSSR count). The van der Waals surface area contributed by atoms with E-state index in [2.05, 4.69) is 20.6 Å². The van der Waals surface area contributed by atoms with Crippen molar-refractivity contribution in [2.45, 2.75) is 31.4 Å². The number of hydrogen-bond donors (Lipinski definition) is 3. The second-order valence-electron chi connectivity index (χ2n) is 7.49. The average molecular weight is 439 g/mol. The van der Waals surface area contributed by atoms with Crippen LogP contribution in [0.4, 0.5) is 0 Å². The molecule has 0 amide bonds. The lowest BCUT2D eigenvalue weighted by Crippen LogP contribution is -2.51. The lowest BCUT2D eigenvalue weighted by molar-refractivity contribution is -0.0154. The number of ketones is 1. The summed E-state index contributed by atoms with van der Waals surface area (Å²) in [5.41, 5.74) is 5.61. The van der Waals surface area contributed by atoms with Crippen LogP contribution in [0.3, 0.4) is 0 Å². The van der Waals surface area contributed by atoms with Gasteiger partial charge in [-0.15, -0.1) is 10.2 Å². The Bertz CT molecular complexity index is 1040. The fraction of sp³-hybridized carbons (Fsp3) is 0.364. The number of carbonyl (C=O) groups is 1. The summed E-state index contributed by atoms with van der Waals surface area (Å²) in [6.45, 7) is 0.787. The monoisotopic (exact) mass is 439 g/mol. The number of hydrogen-bond acceptors (Lipinski definition) is 9. The average Bonchev–Trinajstić information content (AvgIpc) is 3.37. The number of carbonyl (C=O) groups excluding carboxylic acids is 1. The number of rotatable bonds is 10. The maximum Gasteiger partial charge on any atom is 0.257 e. The standard InChI is InChI=1S/C22H25N5O5/c23-22(21-24-26-27-25-21)14-31-18-7-5-6-17(20(18)32-22)19(29)15-8-10-16(11-9-15)30-13-4-2-1-3-12-28/h5-11,28H,1-4,12-14,23H2,(H,24,25,26,27). The van der Waals surface area contributed by atoms with Gasteiger partial charge in [0.25, 0.3) is 5.72 Å². The molecule has 0 saturated heterocycles. The normalized spacial score (nSPS) is 17.2. The molecule has 168 valence electrons. The van der Waals surface area contributed by atoms with Gasteiger partial charge in [-0.25, -0.2) is 0 Å². The van der Waals surface area contributed by atoms with Gasteiger partial charge >= 0.3 is 0 Å². The van der Waals surface area contributed by atoms with E-state index in [1.807, 2.05) is 0 Å². The minimum absolute atomic E-state index is 0.0246. The Morgan fingerprint density at radius 3 is 2.72 bits per heavy atom. The van der Waals surface area contributed by atoms with Crippen molar-refractivity contribution in [3.05, 3.63) is 59.4 Å². The van der Waals surface area contributed by atoms with Crippen molar-refractivity contribution in [2.75, 3.05) is 19.8 Å². The molecule has 10 heteroatoms. The summed E-state index contributed by atoms with van der Waals surface area (Å²) in [6.07, 6.45) is 3.71. The Balaban J connectivity index is 1.45. The molecule has 1 unspecified atom stereocenters. The summed E-state index contributed by atoms with van der Waals surface area (Å²) in [5, 5.41) is 22.4. The van der Waals surface area contributed by atoms with Gasteiger partial charge in [-0.3, -0.25) is 10.5 Å². The van der Waals surface area contributed by atoms with Crippen molar-refractivity contribution < 1.29 is 24.1 Å². The first-order chi connectivity index (χ1) is 15.6. The van der Waals surface area contributed by atoms with Gasteiger partial charge < -0.3 is 19.3 Å². The van der Waals surface area contributed by atoms with E-state index in [0.29, 0.717) is 29.2 Å². The van der Waals surface area contributed by atoms with Crippen LogP contribution in [0, 0.1) is 0 Å². The second kappa shape index (κ2) is 9.75. The molecule has 0 bridgehead atoms. The van der Waals surface area contributed by atoms with E-state index in [1.165, 1.54) is 0 Å². The van der Waals surface area contributed by atoms with Gasteiger partial charge in [0.15, 0.2) is 17.3 Å². The van der Waals surface area contributed by atoms with Crippen LogP contribution in [-0.4, -0.2) is 51.3 Å². The number of nitrogens with zero attached hydrogens (tertiary/aromatic N) is 3. The van der Waals surface area contributed by atoms with E-state index in [4.69, 9.17) is 25.1 Å². The number of tetrazole rings is 1. The van der Waals surface area contributed by atoms with Crippen LogP contribution in [0.25, 0.3) is 0 Å². The number of aliphatic hydroxyl groups excluding tert-OH is 1. The predicted octanol–water partition coefficient (Wildman–Crippen LogP) is 1.95. The molecule has 1 atom stereocenters. The number of aliphatic hydroxyl groups is 1. The van der Waals surface area contributed by atoms with Crippen LogP contribution in [-0.2, 0) is 5.72 Å². The van der Waals surface area contributed by atoms with Gasteiger partial charge in [0.1, 0.15) is 12.4 Å². The summed E-state index contributed by atoms with van der Waals surface area (Å²) >= 11 is 0. The molecule has 4 N–H and O–H groups in total. The number of nitrogens with one attached hydrogen (secondary N) is 1. The molecule has 3 aromatic rings. The highest BCUT2D eigenvalue weighted by Crippen LogP contribution is 2.40. The van der Waals surface area contributed by atoms with Gasteiger partial charge in [0.2, 0.25) is 5.82 Å². The van der Waals surface area contributed by atoms with Crippen molar-refractivity contribution in [3.63, 3.8) is 0 Å². The first-order valence-electron chi connectivity index (χ1n) is 10.5. The lowest BCUT2D eigenvalue weighted by Gasteiger charge is -2.33. The summed E-state index contributed by atoms with van der Waals surface area (Å²) < 4.78 is 17.4. The molecule has 0 fully saturated rings. The van der Waals surface area contributed by atoms with Crippen LogP contribution in [0.1, 0.15) is 47.4 Å². The van der Waals surface area contributed by atoms with Crippen molar-refractivity contribution in [2.24, 2.45) is 5.73 Å². The van der Waals surface area contributed by atoms with Crippen molar-refractivity contribution in [1.82, 2.24) is 20.6 Å². The van der Waals surface area contributed by atoms with Gasteiger partial charge in [-0.2, -0.15) is 5.21 Å². The van der Waals surface area contributed by atoms with Gasteiger partial charge in [0, 0.05) is 12.2 Å². The first-order valence-corrected chi connectivity index (χ1v) is 10.5. The fourth-order valence-electron chi connectivity index (χ4n) is 3.38. The highest BCUT2D eigenvalue weighted by molar-refractivity contribution is 6.11. The summed E-state index contributed by atoms with van der Waals surface area (Å²) in [5.74, 6) is 1.24. The first kappa shape index (κ1) is 21.7. The number of nitrogens with two attached hydrogens (primary N) is 1. The molecule has 2 heterocycles. The molecule has 0 saturated carbocycles. The Hall–Kier alpha value is -3.50. The lowest BCUT2D eigenvalue weighted by atomic mass is 10.0. The van der Waals surface area contributed by atoms with E-state index >= 15 is 0 Å². The van der Waals surface area contributed by atoms with Gasteiger partial charge in [-0.1, -0.05) is 12.5 Å². The van der Waals surface area contributed by atoms with Crippen LogP contribution >= 0.6 is 0 Å². The number of benzene rings is 2. The summed E-state index contributed by atoms with van der Waals surface area (Å²) in [6, 6.07) is 12.0. The Morgan fingerprint density at radius 1 is 1.16 bits per heavy atom. The molecule has 0 radical (unpaired) electrons. The van der Waals surface area contributed by atoms with E-state index in [-0.39, 0.29) is 30.6 Å². The zero-order valence-corrected chi connectivity index (χ0v) is 17.5. The topological polar surface area (TPSA) is 145 Å². The van der Waals surface area contributed by atoms with Crippen LogP contribution in [0.15, 0.2) is 42.5 Å². The Kier molecular flexibility index (Phi) is 6.62. The Labute approximate surface area is 184 Å². The predicted molar refractivity (Wildman–Crippen MR) is 114 cm³/mol. The van der Waals surface area contributed by atoms with Crippen LogP contribution in [0.5, 0.6) is 17.2 Å².